The minimum Gasteiger partial charge on any atom is -0.395 e. The average molecular weight is 218 g/mol. The smallest absolute Gasteiger partial charge is 0.320 e. The first-order valence-electron chi connectivity index (χ1n) is 5.34. The summed E-state index contributed by atoms with van der Waals surface area (Å²) in [5.41, 5.74) is 0. The van der Waals surface area contributed by atoms with E-state index in [0.29, 0.717) is 32.8 Å². The second kappa shape index (κ2) is 8.49. The van der Waals surface area contributed by atoms with E-state index in [0.717, 1.165) is 0 Å². The van der Waals surface area contributed by atoms with Crippen LogP contribution in [0.1, 0.15) is 13.8 Å². The fourth-order valence-electron chi connectivity index (χ4n) is 1.32. The fourth-order valence-corrected chi connectivity index (χ4v) is 1.32. The van der Waals surface area contributed by atoms with Crippen LogP contribution < -0.4 is 0 Å². The van der Waals surface area contributed by atoms with Gasteiger partial charge >= 0.3 is 6.03 Å². The van der Waals surface area contributed by atoms with Crippen LogP contribution >= 0.6 is 0 Å². The largest absolute Gasteiger partial charge is 0.395 e. The zero-order valence-corrected chi connectivity index (χ0v) is 9.90. The zero-order chi connectivity index (χ0) is 11.7. The number of nitrogens with zero attached hydrogens (tertiary/aromatic N) is 2. The Morgan fingerprint density at radius 3 is 2.20 bits per heavy atom. The molecule has 0 fully saturated rings. The van der Waals surface area contributed by atoms with Gasteiger partial charge < -0.3 is 19.6 Å². The summed E-state index contributed by atoms with van der Waals surface area (Å²) in [5, 5.41) is 8.86. The van der Waals surface area contributed by atoms with E-state index in [1.165, 1.54) is 0 Å². The monoisotopic (exact) mass is 218 g/mol. The molecule has 0 aliphatic rings. The summed E-state index contributed by atoms with van der Waals surface area (Å²) in [7, 11) is 1.60. The molecule has 0 aromatic heterocycles. The molecule has 0 atom stereocenters. The van der Waals surface area contributed by atoms with Gasteiger partial charge in [0.15, 0.2) is 0 Å². The molecule has 0 heterocycles. The molecule has 90 valence electrons. The molecule has 15 heavy (non-hydrogen) atoms. The number of urea groups is 1. The number of methoxy groups -OCH3 is 1. The van der Waals surface area contributed by atoms with E-state index in [9.17, 15) is 4.79 Å². The number of carbonyl (C=O) groups is 1. The summed E-state index contributed by atoms with van der Waals surface area (Å²) < 4.78 is 4.92. The normalized spacial score (nSPS) is 10.1. The van der Waals surface area contributed by atoms with Gasteiger partial charge in [0.1, 0.15) is 0 Å². The third-order valence-corrected chi connectivity index (χ3v) is 2.24. The maximum atomic E-state index is 11.9. The highest BCUT2D eigenvalue weighted by Gasteiger charge is 2.17. The molecular weight excluding hydrogens is 196 g/mol. The van der Waals surface area contributed by atoms with Gasteiger partial charge in [-0.15, -0.1) is 0 Å². The number of aliphatic hydroxyl groups is 1. The van der Waals surface area contributed by atoms with Crippen molar-refractivity contribution in [2.45, 2.75) is 13.8 Å². The van der Waals surface area contributed by atoms with E-state index in [1.807, 2.05) is 13.8 Å². The Morgan fingerprint density at radius 1 is 1.20 bits per heavy atom. The van der Waals surface area contributed by atoms with Crippen molar-refractivity contribution in [3.63, 3.8) is 0 Å². The molecule has 0 radical (unpaired) electrons. The van der Waals surface area contributed by atoms with Gasteiger partial charge in [0, 0.05) is 33.3 Å². The van der Waals surface area contributed by atoms with Gasteiger partial charge in [-0.25, -0.2) is 4.79 Å². The van der Waals surface area contributed by atoms with Crippen LogP contribution in [0.5, 0.6) is 0 Å². The highest BCUT2D eigenvalue weighted by Crippen LogP contribution is 1.98. The predicted molar refractivity (Wildman–Crippen MR) is 58.9 cm³/mol. The van der Waals surface area contributed by atoms with Crippen molar-refractivity contribution >= 4 is 6.03 Å². The van der Waals surface area contributed by atoms with Crippen molar-refractivity contribution in [3.05, 3.63) is 0 Å². The van der Waals surface area contributed by atoms with Crippen LogP contribution in [-0.2, 0) is 4.74 Å². The molecular formula is C10H22N2O3. The molecule has 0 aliphatic carbocycles. The summed E-state index contributed by atoms with van der Waals surface area (Å²) in [6.45, 7) is 6.60. The molecule has 0 saturated carbocycles. The lowest BCUT2D eigenvalue weighted by molar-refractivity contribution is 0.116. The number of amides is 2. The van der Waals surface area contributed by atoms with E-state index in [2.05, 4.69) is 0 Å². The first-order chi connectivity index (χ1) is 7.21. The van der Waals surface area contributed by atoms with Gasteiger partial charge in [0.05, 0.1) is 13.2 Å². The molecule has 2 amide bonds. The lowest BCUT2D eigenvalue weighted by Gasteiger charge is -2.28. The molecule has 0 aromatic carbocycles. The predicted octanol–water partition coefficient (Wildman–Crippen LogP) is 0.389. The molecule has 5 nitrogen and oxygen atoms in total. The van der Waals surface area contributed by atoms with Gasteiger partial charge in [-0.1, -0.05) is 0 Å². The highest BCUT2D eigenvalue weighted by atomic mass is 16.5. The molecule has 0 bridgehead atoms. The Hall–Kier alpha value is -0.810. The molecule has 0 rings (SSSR count). The first-order valence-corrected chi connectivity index (χ1v) is 5.34. The SMILES string of the molecule is CCN(CC)C(=O)N(CCO)CCOC. The number of hydrogen-bond donors (Lipinski definition) is 1. The topological polar surface area (TPSA) is 53.0 Å². The van der Waals surface area contributed by atoms with Crippen LogP contribution in [0.2, 0.25) is 0 Å². The van der Waals surface area contributed by atoms with Crippen molar-refractivity contribution in [2.75, 3.05) is 46.5 Å². The number of hydrogen-bond acceptors (Lipinski definition) is 3. The third kappa shape index (κ3) is 4.99. The summed E-state index contributed by atoms with van der Waals surface area (Å²) in [5.74, 6) is 0. The van der Waals surface area contributed by atoms with Crippen LogP contribution in [0.15, 0.2) is 0 Å². The van der Waals surface area contributed by atoms with E-state index in [-0.39, 0.29) is 12.6 Å². The minimum atomic E-state index is -0.0360. The molecule has 0 saturated heterocycles. The molecule has 0 aliphatic heterocycles. The number of carbonyl (C=O) groups excluding carboxylic acids is 1. The van der Waals surface area contributed by atoms with Crippen LogP contribution in [0.25, 0.3) is 0 Å². The van der Waals surface area contributed by atoms with Gasteiger partial charge in [-0.05, 0) is 13.8 Å². The van der Waals surface area contributed by atoms with Crippen molar-refractivity contribution in [1.82, 2.24) is 9.80 Å². The molecule has 0 aromatic rings. The Morgan fingerprint density at radius 2 is 1.80 bits per heavy atom. The Balaban J connectivity index is 4.24. The summed E-state index contributed by atoms with van der Waals surface area (Å²) in [6.07, 6.45) is 0. The van der Waals surface area contributed by atoms with Crippen LogP contribution in [0, 0.1) is 0 Å². The van der Waals surface area contributed by atoms with E-state index in [4.69, 9.17) is 9.84 Å². The minimum absolute atomic E-state index is 0.0171. The van der Waals surface area contributed by atoms with Crippen LogP contribution in [-0.4, -0.2) is 67.4 Å². The summed E-state index contributed by atoms with van der Waals surface area (Å²) in [4.78, 5) is 15.2. The molecule has 1 N–H and O–H groups in total. The quantitative estimate of drug-likeness (QED) is 0.672. The fraction of sp³-hybridized carbons (Fsp3) is 0.900. The Kier molecular flexibility index (Phi) is 8.04. The number of aliphatic hydroxyl groups excluding tert-OH is 1. The van der Waals surface area contributed by atoms with Gasteiger partial charge in [0.2, 0.25) is 0 Å². The first kappa shape index (κ1) is 14.2. The van der Waals surface area contributed by atoms with Crippen molar-refractivity contribution in [2.24, 2.45) is 0 Å². The zero-order valence-electron chi connectivity index (χ0n) is 9.90. The lowest BCUT2D eigenvalue weighted by Crippen LogP contribution is -2.45. The van der Waals surface area contributed by atoms with Gasteiger partial charge in [-0.2, -0.15) is 0 Å². The lowest BCUT2D eigenvalue weighted by atomic mass is 10.4. The average Bonchev–Trinajstić information content (AvgIpc) is 2.25. The van der Waals surface area contributed by atoms with Gasteiger partial charge in [0.25, 0.3) is 0 Å². The third-order valence-electron chi connectivity index (χ3n) is 2.24. The van der Waals surface area contributed by atoms with Crippen LogP contribution in [0.4, 0.5) is 4.79 Å². The van der Waals surface area contributed by atoms with E-state index in [1.54, 1.807) is 16.9 Å². The second-order valence-corrected chi connectivity index (χ2v) is 3.16. The Labute approximate surface area is 91.6 Å². The van der Waals surface area contributed by atoms with Crippen molar-refractivity contribution in [1.29, 1.82) is 0 Å². The standard InChI is InChI=1S/C10H22N2O3/c1-4-11(5-2)10(14)12(6-8-13)7-9-15-3/h13H,4-9H2,1-3H3. The highest BCUT2D eigenvalue weighted by molar-refractivity contribution is 5.74. The molecule has 0 unspecified atom stereocenters. The van der Waals surface area contributed by atoms with Crippen LogP contribution in [0.3, 0.4) is 0 Å². The molecule has 5 heteroatoms. The second-order valence-electron chi connectivity index (χ2n) is 3.16. The number of ether oxygens (including phenoxy) is 1. The summed E-state index contributed by atoms with van der Waals surface area (Å²) >= 11 is 0. The Bertz CT molecular complexity index is 172. The number of rotatable bonds is 7. The van der Waals surface area contributed by atoms with Crippen molar-refractivity contribution in [3.8, 4) is 0 Å². The maximum absolute atomic E-state index is 11.9. The molecule has 0 spiro atoms. The maximum Gasteiger partial charge on any atom is 0.320 e. The summed E-state index contributed by atoms with van der Waals surface area (Å²) in [6, 6.07) is -0.0360. The van der Waals surface area contributed by atoms with Gasteiger partial charge in [-0.3, -0.25) is 0 Å². The van der Waals surface area contributed by atoms with E-state index >= 15 is 0 Å². The van der Waals surface area contributed by atoms with Crippen molar-refractivity contribution < 1.29 is 14.6 Å². The van der Waals surface area contributed by atoms with E-state index < -0.39 is 0 Å².